The topological polar surface area (TPSA) is 40.5 Å². The molecule has 0 aromatic heterocycles. The lowest BCUT2D eigenvalue weighted by atomic mass is 9.91. The molecule has 1 aromatic rings. The van der Waals surface area contributed by atoms with Gasteiger partial charge in [-0.25, -0.2) is 0 Å². The third-order valence-corrected chi connectivity index (χ3v) is 4.34. The SMILES string of the molecule is O=C(Cc1ccc(Cl)cc1Cl)N(CCCO)C1CCC1. The summed E-state index contributed by atoms with van der Waals surface area (Å²) in [4.78, 5) is 14.3. The lowest BCUT2D eigenvalue weighted by Crippen LogP contribution is -2.45. The number of amides is 1. The van der Waals surface area contributed by atoms with Crippen LogP contribution in [0.2, 0.25) is 10.0 Å². The van der Waals surface area contributed by atoms with Crippen LogP contribution >= 0.6 is 23.2 Å². The van der Waals surface area contributed by atoms with Gasteiger partial charge < -0.3 is 10.0 Å². The second-order valence-corrected chi connectivity index (χ2v) is 6.01. The molecule has 110 valence electrons. The predicted octanol–water partition coefficient (Wildman–Crippen LogP) is 3.30. The first kappa shape index (κ1) is 15.6. The molecule has 1 aliphatic carbocycles. The van der Waals surface area contributed by atoms with Crippen molar-refractivity contribution in [2.75, 3.05) is 13.2 Å². The van der Waals surface area contributed by atoms with Gasteiger partial charge in [0.05, 0.1) is 6.42 Å². The van der Waals surface area contributed by atoms with Crippen LogP contribution in [0, 0.1) is 0 Å². The van der Waals surface area contributed by atoms with E-state index in [2.05, 4.69) is 0 Å². The average Bonchev–Trinajstić information content (AvgIpc) is 2.35. The van der Waals surface area contributed by atoms with E-state index in [1.54, 1.807) is 18.2 Å². The van der Waals surface area contributed by atoms with Gasteiger partial charge in [0, 0.05) is 29.2 Å². The predicted molar refractivity (Wildman–Crippen MR) is 81.2 cm³/mol. The van der Waals surface area contributed by atoms with E-state index in [1.807, 2.05) is 4.90 Å². The zero-order valence-electron chi connectivity index (χ0n) is 11.3. The van der Waals surface area contributed by atoms with Gasteiger partial charge in [-0.05, 0) is 43.4 Å². The lowest BCUT2D eigenvalue weighted by molar-refractivity contribution is -0.134. The Morgan fingerprint density at radius 1 is 1.35 bits per heavy atom. The number of aliphatic hydroxyl groups is 1. The highest BCUT2D eigenvalue weighted by atomic mass is 35.5. The van der Waals surface area contributed by atoms with Gasteiger partial charge in [0.25, 0.3) is 0 Å². The second-order valence-electron chi connectivity index (χ2n) is 5.16. The zero-order chi connectivity index (χ0) is 14.5. The summed E-state index contributed by atoms with van der Waals surface area (Å²) in [5.74, 6) is 0.0763. The molecule has 1 aliphatic rings. The lowest BCUT2D eigenvalue weighted by Gasteiger charge is -2.37. The quantitative estimate of drug-likeness (QED) is 0.875. The second kappa shape index (κ2) is 7.30. The van der Waals surface area contributed by atoms with Gasteiger partial charge in [0.2, 0.25) is 5.91 Å². The minimum absolute atomic E-state index is 0.0763. The Balaban J connectivity index is 2.03. The molecule has 0 aliphatic heterocycles. The van der Waals surface area contributed by atoms with E-state index in [9.17, 15) is 4.79 Å². The Hall–Kier alpha value is -0.770. The van der Waals surface area contributed by atoms with Gasteiger partial charge >= 0.3 is 0 Å². The molecule has 0 heterocycles. The number of hydrogen-bond donors (Lipinski definition) is 1. The number of hydrogen-bond acceptors (Lipinski definition) is 2. The van der Waals surface area contributed by atoms with Crippen molar-refractivity contribution in [3.05, 3.63) is 33.8 Å². The highest BCUT2D eigenvalue weighted by Crippen LogP contribution is 2.27. The number of rotatable bonds is 6. The maximum absolute atomic E-state index is 12.4. The van der Waals surface area contributed by atoms with E-state index in [4.69, 9.17) is 28.3 Å². The van der Waals surface area contributed by atoms with Gasteiger partial charge in [-0.1, -0.05) is 29.3 Å². The van der Waals surface area contributed by atoms with Crippen molar-refractivity contribution < 1.29 is 9.90 Å². The first-order valence-electron chi connectivity index (χ1n) is 6.96. The minimum Gasteiger partial charge on any atom is -0.396 e. The number of aliphatic hydroxyl groups excluding tert-OH is 1. The summed E-state index contributed by atoms with van der Waals surface area (Å²) in [5.41, 5.74) is 0.800. The molecule has 1 fully saturated rings. The number of halogens is 2. The summed E-state index contributed by atoms with van der Waals surface area (Å²) in [6.07, 6.45) is 4.21. The molecule has 1 aromatic carbocycles. The summed E-state index contributed by atoms with van der Waals surface area (Å²) in [7, 11) is 0. The van der Waals surface area contributed by atoms with Crippen LogP contribution in [0.3, 0.4) is 0 Å². The van der Waals surface area contributed by atoms with Gasteiger partial charge in [-0.2, -0.15) is 0 Å². The molecule has 20 heavy (non-hydrogen) atoms. The van der Waals surface area contributed by atoms with E-state index in [-0.39, 0.29) is 18.9 Å². The normalized spacial score (nSPS) is 14.9. The number of carbonyl (C=O) groups excluding carboxylic acids is 1. The Kier molecular flexibility index (Phi) is 5.70. The summed E-state index contributed by atoms with van der Waals surface area (Å²) in [6.45, 7) is 0.726. The van der Waals surface area contributed by atoms with Gasteiger partial charge in [0.1, 0.15) is 0 Å². The van der Waals surface area contributed by atoms with Crippen LogP contribution in [0.1, 0.15) is 31.2 Å². The van der Waals surface area contributed by atoms with Crippen molar-refractivity contribution in [1.29, 1.82) is 0 Å². The molecule has 1 N–H and O–H groups in total. The van der Waals surface area contributed by atoms with Crippen LogP contribution in [0.25, 0.3) is 0 Å². The van der Waals surface area contributed by atoms with Crippen LogP contribution in [0.4, 0.5) is 0 Å². The molecule has 0 atom stereocenters. The fourth-order valence-corrected chi connectivity index (χ4v) is 2.86. The van der Waals surface area contributed by atoms with Crippen molar-refractivity contribution in [1.82, 2.24) is 4.90 Å². The molecule has 0 spiro atoms. The maximum Gasteiger partial charge on any atom is 0.227 e. The highest BCUT2D eigenvalue weighted by molar-refractivity contribution is 6.35. The van der Waals surface area contributed by atoms with Crippen LogP contribution in [0.5, 0.6) is 0 Å². The zero-order valence-corrected chi connectivity index (χ0v) is 12.8. The molecule has 0 unspecified atom stereocenters. The van der Waals surface area contributed by atoms with Gasteiger partial charge in [-0.3, -0.25) is 4.79 Å². The number of carbonyl (C=O) groups is 1. The van der Waals surface area contributed by atoms with E-state index in [1.165, 1.54) is 6.42 Å². The fourth-order valence-electron chi connectivity index (χ4n) is 2.38. The molecule has 0 radical (unpaired) electrons. The standard InChI is InChI=1S/C15H19Cl2NO2/c16-12-6-5-11(14(17)10-12)9-15(20)18(7-2-8-19)13-3-1-4-13/h5-6,10,13,19H,1-4,7-9H2. The molecule has 3 nitrogen and oxygen atoms in total. The average molecular weight is 316 g/mol. The van der Waals surface area contributed by atoms with Crippen molar-refractivity contribution in [3.63, 3.8) is 0 Å². The molecule has 5 heteroatoms. The van der Waals surface area contributed by atoms with Crippen LogP contribution in [-0.2, 0) is 11.2 Å². The van der Waals surface area contributed by atoms with E-state index in [0.29, 0.717) is 29.1 Å². The minimum atomic E-state index is 0.0763. The smallest absolute Gasteiger partial charge is 0.227 e. The van der Waals surface area contributed by atoms with Gasteiger partial charge in [-0.15, -0.1) is 0 Å². The Morgan fingerprint density at radius 3 is 2.65 bits per heavy atom. The summed E-state index contributed by atoms with van der Waals surface area (Å²) < 4.78 is 0. The third kappa shape index (κ3) is 3.87. The van der Waals surface area contributed by atoms with Crippen molar-refractivity contribution in [2.45, 2.75) is 38.1 Å². The summed E-state index contributed by atoms with van der Waals surface area (Å²) >= 11 is 12.0. The van der Waals surface area contributed by atoms with Crippen molar-refractivity contribution in [2.24, 2.45) is 0 Å². The first-order valence-corrected chi connectivity index (χ1v) is 7.71. The monoisotopic (exact) mass is 315 g/mol. The Bertz CT molecular complexity index is 475. The third-order valence-electron chi connectivity index (χ3n) is 3.75. The molecule has 0 saturated heterocycles. The largest absolute Gasteiger partial charge is 0.396 e. The number of benzene rings is 1. The maximum atomic E-state index is 12.4. The molecule has 0 bridgehead atoms. The van der Waals surface area contributed by atoms with E-state index < -0.39 is 0 Å². The molecular formula is C15H19Cl2NO2. The van der Waals surface area contributed by atoms with Crippen molar-refractivity contribution in [3.8, 4) is 0 Å². The summed E-state index contributed by atoms with van der Waals surface area (Å²) in [6, 6.07) is 5.54. The van der Waals surface area contributed by atoms with Crippen LogP contribution < -0.4 is 0 Å². The van der Waals surface area contributed by atoms with E-state index in [0.717, 1.165) is 18.4 Å². The van der Waals surface area contributed by atoms with Crippen LogP contribution in [0.15, 0.2) is 18.2 Å². The highest BCUT2D eigenvalue weighted by Gasteiger charge is 2.28. The Morgan fingerprint density at radius 2 is 2.10 bits per heavy atom. The molecular weight excluding hydrogens is 297 g/mol. The summed E-state index contributed by atoms with van der Waals surface area (Å²) in [5, 5.41) is 10.1. The van der Waals surface area contributed by atoms with Gasteiger partial charge in [0.15, 0.2) is 0 Å². The molecule has 1 amide bonds. The van der Waals surface area contributed by atoms with E-state index >= 15 is 0 Å². The first-order chi connectivity index (χ1) is 9.61. The molecule has 2 rings (SSSR count). The number of nitrogens with zero attached hydrogens (tertiary/aromatic N) is 1. The van der Waals surface area contributed by atoms with Crippen molar-refractivity contribution >= 4 is 29.1 Å². The van der Waals surface area contributed by atoms with Crippen LogP contribution in [-0.4, -0.2) is 35.1 Å². The fraction of sp³-hybridized carbons (Fsp3) is 0.533. The Labute approximate surface area is 129 Å². The molecule has 1 saturated carbocycles.